The molecule has 1 fully saturated rings. The molecule has 110 valence electrons. The van der Waals surface area contributed by atoms with Crippen LogP contribution in [-0.2, 0) is 6.42 Å². The van der Waals surface area contributed by atoms with Crippen LogP contribution in [0.1, 0.15) is 32.8 Å². The van der Waals surface area contributed by atoms with Crippen molar-refractivity contribution in [1.82, 2.24) is 10.2 Å². The fraction of sp³-hybridized carbons (Fsp3) is 0.647. The second-order valence-corrected chi connectivity index (χ2v) is 6.81. The molecule has 1 aromatic carbocycles. The van der Waals surface area contributed by atoms with Gasteiger partial charge in [0.25, 0.3) is 0 Å². The van der Waals surface area contributed by atoms with Crippen LogP contribution < -0.4 is 10.1 Å². The molecule has 1 aromatic rings. The number of para-hydroxylation sites is 1. The van der Waals surface area contributed by atoms with Gasteiger partial charge in [0, 0.05) is 37.6 Å². The van der Waals surface area contributed by atoms with Gasteiger partial charge in [0.1, 0.15) is 11.9 Å². The average Bonchev–Trinajstić information content (AvgIpc) is 2.80. The molecule has 3 nitrogen and oxygen atoms in total. The lowest BCUT2D eigenvalue weighted by Gasteiger charge is -2.45. The third-order valence-corrected chi connectivity index (χ3v) is 4.55. The SMILES string of the molecule is CCC1CNC(C)(C)CN1CC1Cc2ccccc2O1. The van der Waals surface area contributed by atoms with Crippen LogP contribution in [0.3, 0.4) is 0 Å². The lowest BCUT2D eigenvalue weighted by Crippen LogP contribution is -2.62. The fourth-order valence-corrected chi connectivity index (χ4v) is 3.45. The highest BCUT2D eigenvalue weighted by Crippen LogP contribution is 2.29. The molecule has 2 heterocycles. The molecule has 20 heavy (non-hydrogen) atoms. The number of nitrogens with zero attached hydrogens (tertiary/aromatic N) is 1. The second-order valence-electron chi connectivity index (χ2n) is 6.81. The molecule has 1 saturated heterocycles. The van der Waals surface area contributed by atoms with Gasteiger partial charge in [-0.1, -0.05) is 25.1 Å². The number of nitrogens with one attached hydrogen (secondary N) is 1. The number of benzene rings is 1. The average molecular weight is 274 g/mol. The fourth-order valence-electron chi connectivity index (χ4n) is 3.45. The molecular weight excluding hydrogens is 248 g/mol. The van der Waals surface area contributed by atoms with Crippen molar-refractivity contribution in [2.45, 2.75) is 51.3 Å². The van der Waals surface area contributed by atoms with Gasteiger partial charge in [0.15, 0.2) is 0 Å². The van der Waals surface area contributed by atoms with Crippen LogP contribution in [0, 0.1) is 0 Å². The van der Waals surface area contributed by atoms with Gasteiger partial charge < -0.3 is 10.1 Å². The van der Waals surface area contributed by atoms with Crippen molar-refractivity contribution >= 4 is 0 Å². The maximum atomic E-state index is 6.11. The first kappa shape index (κ1) is 13.9. The van der Waals surface area contributed by atoms with E-state index < -0.39 is 0 Å². The molecule has 2 unspecified atom stereocenters. The van der Waals surface area contributed by atoms with Gasteiger partial charge in [-0.15, -0.1) is 0 Å². The van der Waals surface area contributed by atoms with Crippen LogP contribution in [-0.4, -0.2) is 42.2 Å². The molecule has 0 amide bonds. The molecule has 2 aliphatic heterocycles. The molecule has 3 heteroatoms. The molecule has 0 spiro atoms. The zero-order valence-corrected chi connectivity index (χ0v) is 12.9. The van der Waals surface area contributed by atoms with Crippen molar-refractivity contribution in [2.75, 3.05) is 19.6 Å². The topological polar surface area (TPSA) is 24.5 Å². The van der Waals surface area contributed by atoms with Crippen LogP contribution in [0.5, 0.6) is 5.75 Å². The Morgan fingerprint density at radius 1 is 1.35 bits per heavy atom. The molecule has 0 aromatic heterocycles. The number of fused-ring (bicyclic) bond motifs is 1. The summed E-state index contributed by atoms with van der Waals surface area (Å²) in [5.41, 5.74) is 1.57. The van der Waals surface area contributed by atoms with Crippen LogP contribution >= 0.6 is 0 Å². The normalized spacial score (nSPS) is 28.9. The van der Waals surface area contributed by atoms with Gasteiger partial charge in [-0.05, 0) is 31.9 Å². The van der Waals surface area contributed by atoms with Crippen LogP contribution in [0.25, 0.3) is 0 Å². The molecule has 1 N–H and O–H groups in total. The number of rotatable bonds is 3. The van der Waals surface area contributed by atoms with E-state index in [1.807, 2.05) is 0 Å². The maximum absolute atomic E-state index is 6.11. The van der Waals surface area contributed by atoms with E-state index in [4.69, 9.17) is 4.74 Å². The molecule has 0 aliphatic carbocycles. The summed E-state index contributed by atoms with van der Waals surface area (Å²) in [5.74, 6) is 1.08. The maximum Gasteiger partial charge on any atom is 0.123 e. The largest absolute Gasteiger partial charge is 0.488 e. The van der Waals surface area contributed by atoms with Crippen molar-refractivity contribution in [1.29, 1.82) is 0 Å². The molecule has 0 radical (unpaired) electrons. The minimum atomic E-state index is 0.205. The summed E-state index contributed by atoms with van der Waals surface area (Å²) in [4.78, 5) is 2.62. The highest BCUT2D eigenvalue weighted by atomic mass is 16.5. The summed E-state index contributed by atoms with van der Waals surface area (Å²) in [5, 5.41) is 3.65. The highest BCUT2D eigenvalue weighted by Gasteiger charge is 2.34. The molecule has 2 aliphatic rings. The van der Waals surface area contributed by atoms with Crippen LogP contribution in [0.15, 0.2) is 24.3 Å². The zero-order valence-electron chi connectivity index (χ0n) is 12.9. The zero-order chi connectivity index (χ0) is 14.2. The van der Waals surface area contributed by atoms with E-state index in [1.165, 1.54) is 12.0 Å². The summed E-state index contributed by atoms with van der Waals surface area (Å²) < 4.78 is 6.11. The standard InChI is InChI=1S/C17H26N2O/c1-4-14-10-18-17(2,3)12-19(14)11-15-9-13-7-5-6-8-16(13)20-15/h5-8,14-15,18H,4,9-12H2,1-3H3. The van der Waals surface area contributed by atoms with Gasteiger partial charge in [0.2, 0.25) is 0 Å². The predicted molar refractivity (Wildman–Crippen MR) is 82.3 cm³/mol. The summed E-state index contributed by atoms with van der Waals surface area (Å²) in [6.07, 6.45) is 2.56. The first-order valence-electron chi connectivity index (χ1n) is 7.81. The minimum Gasteiger partial charge on any atom is -0.488 e. The monoisotopic (exact) mass is 274 g/mol. The van der Waals surface area contributed by atoms with E-state index in [9.17, 15) is 0 Å². The van der Waals surface area contributed by atoms with Crippen molar-refractivity contribution in [3.63, 3.8) is 0 Å². The summed E-state index contributed by atoms with van der Waals surface area (Å²) in [7, 11) is 0. The van der Waals surface area contributed by atoms with Crippen molar-refractivity contribution in [3.8, 4) is 5.75 Å². The number of hydrogen-bond acceptors (Lipinski definition) is 3. The number of piperazine rings is 1. The third kappa shape index (κ3) is 2.84. The van der Waals surface area contributed by atoms with Crippen molar-refractivity contribution < 1.29 is 4.74 Å². The van der Waals surface area contributed by atoms with Gasteiger partial charge >= 0.3 is 0 Å². The van der Waals surface area contributed by atoms with E-state index >= 15 is 0 Å². The number of hydrogen-bond donors (Lipinski definition) is 1. The summed E-state index contributed by atoms with van der Waals surface area (Å²) in [6, 6.07) is 9.08. The molecule has 3 rings (SSSR count). The predicted octanol–water partition coefficient (Wildman–Crippen LogP) is 2.45. The molecule has 0 bridgehead atoms. The van der Waals surface area contributed by atoms with Crippen LogP contribution in [0.2, 0.25) is 0 Å². The quantitative estimate of drug-likeness (QED) is 0.916. The smallest absolute Gasteiger partial charge is 0.123 e. The number of ether oxygens (including phenoxy) is 1. The van der Waals surface area contributed by atoms with Gasteiger partial charge in [0.05, 0.1) is 0 Å². The van der Waals surface area contributed by atoms with Gasteiger partial charge in [-0.25, -0.2) is 0 Å². The summed E-state index contributed by atoms with van der Waals surface area (Å²) >= 11 is 0. The first-order chi connectivity index (χ1) is 9.57. The minimum absolute atomic E-state index is 0.205. The molecular formula is C17H26N2O. The Balaban J connectivity index is 1.65. The Labute approximate surface area is 122 Å². The summed E-state index contributed by atoms with van der Waals surface area (Å²) in [6.45, 7) is 10.1. The third-order valence-electron chi connectivity index (χ3n) is 4.55. The Bertz CT molecular complexity index is 447. The van der Waals surface area contributed by atoms with Crippen molar-refractivity contribution in [3.05, 3.63) is 29.8 Å². The van der Waals surface area contributed by atoms with Gasteiger partial charge in [-0.2, -0.15) is 0 Å². The lowest BCUT2D eigenvalue weighted by molar-refractivity contribution is 0.0563. The Morgan fingerprint density at radius 3 is 2.90 bits per heavy atom. The van der Waals surface area contributed by atoms with Crippen molar-refractivity contribution in [2.24, 2.45) is 0 Å². The molecule has 0 saturated carbocycles. The van der Waals surface area contributed by atoms with E-state index in [0.717, 1.165) is 31.8 Å². The Morgan fingerprint density at radius 2 is 2.15 bits per heavy atom. The highest BCUT2D eigenvalue weighted by molar-refractivity contribution is 5.37. The van der Waals surface area contributed by atoms with Crippen LogP contribution in [0.4, 0.5) is 0 Å². The van der Waals surface area contributed by atoms with Gasteiger partial charge in [-0.3, -0.25) is 4.90 Å². The second kappa shape index (κ2) is 5.38. The van der Waals surface area contributed by atoms with E-state index in [-0.39, 0.29) is 5.54 Å². The lowest BCUT2D eigenvalue weighted by atomic mass is 9.97. The Hall–Kier alpha value is -1.06. The first-order valence-corrected chi connectivity index (χ1v) is 7.81. The molecule has 2 atom stereocenters. The Kier molecular flexibility index (Phi) is 3.74. The van der Waals surface area contributed by atoms with E-state index in [2.05, 4.69) is 55.3 Å². The van der Waals surface area contributed by atoms with E-state index in [1.54, 1.807) is 0 Å². The van der Waals surface area contributed by atoms with E-state index in [0.29, 0.717) is 12.1 Å².